The van der Waals surface area contributed by atoms with Crippen molar-refractivity contribution >= 4 is 34.8 Å². The summed E-state index contributed by atoms with van der Waals surface area (Å²) in [6, 6.07) is 7.39. The second-order valence-corrected chi connectivity index (χ2v) is 4.73. The highest BCUT2D eigenvalue weighted by atomic mass is 35.5. The topological polar surface area (TPSA) is 75.9 Å². The van der Waals surface area contributed by atoms with E-state index in [0.717, 1.165) is 11.4 Å². The Morgan fingerprint density at radius 3 is 2.58 bits per heavy atom. The van der Waals surface area contributed by atoms with Crippen LogP contribution in [0.2, 0.25) is 10.0 Å². The van der Waals surface area contributed by atoms with Gasteiger partial charge in [0.1, 0.15) is 5.82 Å². The van der Waals surface area contributed by atoms with Crippen LogP contribution in [0.1, 0.15) is 11.4 Å². The molecule has 0 aliphatic rings. The normalized spacial score (nSPS) is 10.3. The summed E-state index contributed by atoms with van der Waals surface area (Å²) in [5.74, 6) is 6.19. The van der Waals surface area contributed by atoms with Crippen molar-refractivity contribution in [3.63, 3.8) is 0 Å². The zero-order valence-corrected chi connectivity index (χ0v) is 11.8. The highest BCUT2D eigenvalue weighted by Gasteiger charge is 2.08. The predicted octanol–water partition coefficient (Wildman–Crippen LogP) is 2.99. The number of aromatic nitrogens is 2. The minimum atomic E-state index is 0.366. The minimum Gasteiger partial charge on any atom is -0.363 e. The number of pyridine rings is 2. The van der Waals surface area contributed by atoms with E-state index < -0.39 is 0 Å². The lowest BCUT2D eigenvalue weighted by molar-refractivity contribution is 1.00. The highest BCUT2D eigenvalue weighted by Crippen LogP contribution is 2.28. The van der Waals surface area contributed by atoms with E-state index >= 15 is 0 Å². The molecule has 0 saturated heterocycles. The summed E-state index contributed by atoms with van der Waals surface area (Å²) in [6.45, 7) is 2.45. The van der Waals surface area contributed by atoms with Gasteiger partial charge >= 0.3 is 0 Å². The fourth-order valence-electron chi connectivity index (χ4n) is 1.56. The summed E-state index contributed by atoms with van der Waals surface area (Å²) in [5, 5.41) is 3.89. The van der Waals surface area contributed by atoms with Crippen LogP contribution in [0.5, 0.6) is 0 Å². The molecule has 0 aromatic carbocycles. The smallest absolute Gasteiger partial charge is 0.161 e. The first kappa shape index (κ1) is 13.9. The van der Waals surface area contributed by atoms with E-state index in [1.54, 1.807) is 6.07 Å². The van der Waals surface area contributed by atoms with E-state index in [1.807, 2.05) is 25.1 Å². The Balaban J connectivity index is 2.15. The van der Waals surface area contributed by atoms with Gasteiger partial charge in [0, 0.05) is 5.69 Å². The molecule has 2 heterocycles. The lowest BCUT2D eigenvalue weighted by atomic mass is 10.3. The summed E-state index contributed by atoms with van der Waals surface area (Å²) < 4.78 is 0. The van der Waals surface area contributed by atoms with E-state index in [1.165, 1.54) is 0 Å². The number of hydrogen-bond acceptors (Lipinski definition) is 5. The van der Waals surface area contributed by atoms with Gasteiger partial charge < -0.3 is 10.7 Å². The number of nitrogens with zero attached hydrogens (tertiary/aromatic N) is 2. The Morgan fingerprint density at radius 2 is 1.89 bits per heavy atom. The van der Waals surface area contributed by atoms with E-state index in [9.17, 15) is 0 Å². The molecule has 0 aliphatic heterocycles. The van der Waals surface area contributed by atoms with E-state index in [2.05, 4.69) is 20.7 Å². The molecule has 0 radical (unpaired) electrons. The van der Waals surface area contributed by atoms with Crippen molar-refractivity contribution < 1.29 is 0 Å². The van der Waals surface area contributed by atoms with Crippen molar-refractivity contribution in [3.05, 3.63) is 45.7 Å². The summed E-state index contributed by atoms with van der Waals surface area (Å²) in [4.78, 5) is 8.57. The molecule has 5 nitrogen and oxygen atoms in total. The minimum absolute atomic E-state index is 0.366. The Kier molecular flexibility index (Phi) is 4.42. The van der Waals surface area contributed by atoms with E-state index in [4.69, 9.17) is 29.0 Å². The molecule has 0 unspecified atom stereocenters. The summed E-state index contributed by atoms with van der Waals surface area (Å²) in [7, 11) is 0. The lowest BCUT2D eigenvalue weighted by Gasteiger charge is -2.10. The summed E-state index contributed by atoms with van der Waals surface area (Å²) >= 11 is 12.0. The van der Waals surface area contributed by atoms with Gasteiger partial charge in [-0.15, -0.1) is 0 Å². The molecule has 7 heteroatoms. The fraction of sp³-hybridized carbons (Fsp3) is 0.167. The van der Waals surface area contributed by atoms with Crippen molar-refractivity contribution in [1.82, 2.24) is 9.97 Å². The second-order valence-electron chi connectivity index (χ2n) is 3.92. The van der Waals surface area contributed by atoms with Crippen LogP contribution < -0.4 is 16.6 Å². The van der Waals surface area contributed by atoms with E-state index in [0.29, 0.717) is 28.2 Å². The maximum Gasteiger partial charge on any atom is 0.161 e. The van der Waals surface area contributed by atoms with Crippen LogP contribution in [0.25, 0.3) is 0 Å². The SMILES string of the molecule is Cc1cccc(CNc2nc(NN)c(Cl)cc2Cl)n1. The average molecular weight is 298 g/mol. The van der Waals surface area contributed by atoms with E-state index in [-0.39, 0.29) is 0 Å². The number of anilines is 2. The van der Waals surface area contributed by atoms with Gasteiger partial charge in [-0.2, -0.15) is 0 Å². The molecule has 19 heavy (non-hydrogen) atoms. The summed E-state index contributed by atoms with van der Waals surface area (Å²) in [6.07, 6.45) is 0. The van der Waals surface area contributed by atoms with Crippen LogP contribution in [0.15, 0.2) is 24.3 Å². The van der Waals surface area contributed by atoms with Crippen molar-refractivity contribution in [2.75, 3.05) is 10.7 Å². The highest BCUT2D eigenvalue weighted by molar-refractivity contribution is 6.37. The van der Waals surface area contributed by atoms with Gasteiger partial charge in [-0.05, 0) is 25.1 Å². The second kappa shape index (κ2) is 6.06. The fourth-order valence-corrected chi connectivity index (χ4v) is 2.04. The Bertz CT molecular complexity index is 588. The van der Waals surface area contributed by atoms with Gasteiger partial charge in [0.25, 0.3) is 0 Å². The number of hydrazine groups is 1. The molecule has 0 amide bonds. The number of nitrogens with two attached hydrogens (primary N) is 1. The number of nitrogens with one attached hydrogen (secondary N) is 2. The van der Waals surface area contributed by atoms with Gasteiger partial charge in [-0.3, -0.25) is 4.98 Å². The van der Waals surface area contributed by atoms with Crippen molar-refractivity contribution in [2.24, 2.45) is 5.84 Å². The molecular weight excluding hydrogens is 285 g/mol. The van der Waals surface area contributed by atoms with Crippen molar-refractivity contribution in [2.45, 2.75) is 13.5 Å². The first-order chi connectivity index (χ1) is 9.10. The maximum absolute atomic E-state index is 6.06. The molecule has 0 fully saturated rings. The lowest BCUT2D eigenvalue weighted by Crippen LogP contribution is -2.11. The van der Waals surface area contributed by atoms with Crippen molar-refractivity contribution in [1.29, 1.82) is 0 Å². The van der Waals surface area contributed by atoms with Gasteiger partial charge in [0.2, 0.25) is 0 Å². The number of halogens is 2. The Hall–Kier alpha value is -1.56. The standard InChI is InChI=1S/C12H13Cl2N5/c1-7-3-2-4-8(17-7)6-16-11-9(13)5-10(14)12(18-11)19-15/h2-5H,6,15H2,1H3,(H2,16,18,19). The molecule has 2 rings (SSSR count). The Morgan fingerprint density at radius 1 is 1.16 bits per heavy atom. The zero-order chi connectivity index (χ0) is 13.8. The number of hydrogen-bond donors (Lipinski definition) is 3. The van der Waals surface area contributed by atoms with Crippen LogP contribution in [-0.4, -0.2) is 9.97 Å². The number of rotatable bonds is 4. The van der Waals surface area contributed by atoms with Gasteiger partial charge in [-0.25, -0.2) is 10.8 Å². The van der Waals surface area contributed by atoms with Gasteiger partial charge in [0.05, 0.1) is 22.3 Å². The monoisotopic (exact) mass is 297 g/mol. The molecular formula is C12H13Cl2N5. The van der Waals surface area contributed by atoms with Crippen molar-refractivity contribution in [3.8, 4) is 0 Å². The molecule has 100 valence electrons. The molecule has 0 bridgehead atoms. The Labute approximate surface area is 121 Å². The quantitative estimate of drug-likeness (QED) is 0.597. The average Bonchev–Trinajstić information content (AvgIpc) is 2.38. The van der Waals surface area contributed by atoms with Crippen LogP contribution in [0.4, 0.5) is 11.6 Å². The molecule has 0 aliphatic carbocycles. The summed E-state index contributed by atoms with van der Waals surface area (Å²) in [5.41, 5.74) is 4.27. The molecule has 4 N–H and O–H groups in total. The third kappa shape index (κ3) is 3.47. The molecule has 2 aromatic heterocycles. The van der Waals surface area contributed by atoms with Crippen LogP contribution >= 0.6 is 23.2 Å². The van der Waals surface area contributed by atoms with Crippen LogP contribution in [-0.2, 0) is 6.54 Å². The predicted molar refractivity (Wildman–Crippen MR) is 78.4 cm³/mol. The van der Waals surface area contributed by atoms with Gasteiger partial charge in [0.15, 0.2) is 5.82 Å². The van der Waals surface area contributed by atoms with Gasteiger partial charge in [-0.1, -0.05) is 29.3 Å². The first-order valence-electron chi connectivity index (χ1n) is 5.59. The largest absolute Gasteiger partial charge is 0.363 e. The molecule has 2 aromatic rings. The first-order valence-corrected chi connectivity index (χ1v) is 6.35. The maximum atomic E-state index is 6.06. The third-order valence-corrected chi connectivity index (χ3v) is 3.03. The molecule has 0 spiro atoms. The molecule has 0 atom stereocenters. The number of nitrogen functional groups attached to an aromatic ring is 1. The van der Waals surface area contributed by atoms with Crippen LogP contribution in [0.3, 0.4) is 0 Å². The zero-order valence-electron chi connectivity index (χ0n) is 10.2. The van der Waals surface area contributed by atoms with Crippen LogP contribution in [0, 0.1) is 6.92 Å². The third-order valence-electron chi connectivity index (χ3n) is 2.45. The molecule has 0 saturated carbocycles. The number of aryl methyl sites for hydroxylation is 1.